The van der Waals surface area contributed by atoms with E-state index in [-0.39, 0.29) is 23.8 Å². The molecule has 0 aliphatic rings. The first-order valence-electron chi connectivity index (χ1n) is 9.32. The Morgan fingerprint density at radius 1 is 0.967 bits per heavy atom. The van der Waals surface area contributed by atoms with Crippen molar-refractivity contribution in [1.29, 1.82) is 0 Å². The third-order valence-corrected chi connectivity index (χ3v) is 4.42. The summed E-state index contributed by atoms with van der Waals surface area (Å²) in [7, 11) is 4.32. The molecule has 0 unspecified atom stereocenters. The Morgan fingerprint density at radius 2 is 1.60 bits per heavy atom. The van der Waals surface area contributed by atoms with Gasteiger partial charge in [-0.1, -0.05) is 19.9 Å². The molecule has 2 aromatic carbocycles. The predicted molar refractivity (Wildman–Crippen MR) is 108 cm³/mol. The van der Waals surface area contributed by atoms with Gasteiger partial charge in [0.05, 0.1) is 21.3 Å². The maximum Gasteiger partial charge on any atom is 0.329 e. The molecule has 0 aliphatic carbocycles. The standard InChI is InChI=1S/C22H26FNO6/c1-13(2)20(22(26)30-12-14-6-7-19(29-5)18(23)8-14)24-21(25)15-9-16(27-3)11-17(10-15)28-4/h6-11,13,20H,12H2,1-5H3,(H,24,25)/t20-/m0/s1. The molecule has 2 rings (SSSR count). The lowest BCUT2D eigenvalue weighted by Gasteiger charge is -2.21. The van der Waals surface area contributed by atoms with Crippen molar-refractivity contribution in [3.8, 4) is 17.2 Å². The molecule has 0 heterocycles. The van der Waals surface area contributed by atoms with Crippen LogP contribution in [0.25, 0.3) is 0 Å². The van der Waals surface area contributed by atoms with Crippen molar-refractivity contribution in [2.24, 2.45) is 5.92 Å². The summed E-state index contributed by atoms with van der Waals surface area (Å²) >= 11 is 0. The molecule has 162 valence electrons. The van der Waals surface area contributed by atoms with Gasteiger partial charge in [0.25, 0.3) is 5.91 Å². The van der Waals surface area contributed by atoms with E-state index in [1.165, 1.54) is 33.5 Å². The highest BCUT2D eigenvalue weighted by Gasteiger charge is 2.26. The molecule has 0 aromatic heterocycles. The molecule has 0 aliphatic heterocycles. The molecular weight excluding hydrogens is 393 g/mol. The van der Waals surface area contributed by atoms with Crippen molar-refractivity contribution in [2.45, 2.75) is 26.5 Å². The van der Waals surface area contributed by atoms with Gasteiger partial charge in [0.1, 0.15) is 24.1 Å². The van der Waals surface area contributed by atoms with E-state index in [2.05, 4.69) is 5.32 Å². The predicted octanol–water partition coefficient (Wildman–Crippen LogP) is 3.35. The monoisotopic (exact) mass is 419 g/mol. The van der Waals surface area contributed by atoms with Crippen LogP contribution in [-0.2, 0) is 16.1 Å². The van der Waals surface area contributed by atoms with Crippen LogP contribution in [-0.4, -0.2) is 39.2 Å². The minimum atomic E-state index is -0.891. The van der Waals surface area contributed by atoms with Crippen LogP contribution in [0.3, 0.4) is 0 Å². The summed E-state index contributed by atoms with van der Waals surface area (Å²) in [4.78, 5) is 25.3. The van der Waals surface area contributed by atoms with E-state index in [1.807, 2.05) is 0 Å². The number of carbonyl (C=O) groups is 2. The molecule has 0 fully saturated rings. The fourth-order valence-corrected chi connectivity index (χ4v) is 2.70. The summed E-state index contributed by atoms with van der Waals surface area (Å²) in [5.41, 5.74) is 0.745. The quantitative estimate of drug-likeness (QED) is 0.628. The summed E-state index contributed by atoms with van der Waals surface area (Å²) < 4.78 is 34.3. The Bertz CT molecular complexity index is 877. The van der Waals surface area contributed by atoms with Gasteiger partial charge in [-0.15, -0.1) is 0 Å². The topological polar surface area (TPSA) is 83.1 Å². The molecular formula is C22H26FNO6. The van der Waals surface area contributed by atoms with Crippen LogP contribution in [0.15, 0.2) is 36.4 Å². The molecule has 0 bridgehead atoms. The van der Waals surface area contributed by atoms with Gasteiger partial charge in [-0.25, -0.2) is 9.18 Å². The Labute approximate surface area is 175 Å². The zero-order valence-corrected chi connectivity index (χ0v) is 17.7. The van der Waals surface area contributed by atoms with Gasteiger partial charge in [-0.3, -0.25) is 4.79 Å². The highest BCUT2D eigenvalue weighted by atomic mass is 19.1. The molecule has 30 heavy (non-hydrogen) atoms. The average molecular weight is 419 g/mol. The normalized spacial score (nSPS) is 11.6. The van der Waals surface area contributed by atoms with Crippen molar-refractivity contribution < 1.29 is 32.9 Å². The number of hydrogen-bond donors (Lipinski definition) is 1. The lowest BCUT2D eigenvalue weighted by atomic mass is 10.0. The molecule has 0 saturated carbocycles. The fraction of sp³-hybridized carbons (Fsp3) is 0.364. The Balaban J connectivity index is 2.08. The molecule has 0 spiro atoms. The van der Waals surface area contributed by atoms with Crippen LogP contribution in [0.1, 0.15) is 29.8 Å². The van der Waals surface area contributed by atoms with E-state index in [1.54, 1.807) is 38.1 Å². The zero-order chi connectivity index (χ0) is 22.3. The number of rotatable bonds is 9. The van der Waals surface area contributed by atoms with E-state index < -0.39 is 23.7 Å². The minimum Gasteiger partial charge on any atom is -0.497 e. The number of hydrogen-bond acceptors (Lipinski definition) is 6. The van der Waals surface area contributed by atoms with E-state index in [0.29, 0.717) is 17.1 Å². The summed E-state index contributed by atoms with van der Waals surface area (Å²) in [5, 5.41) is 2.68. The van der Waals surface area contributed by atoms with Gasteiger partial charge in [-0.2, -0.15) is 0 Å². The molecule has 2 aromatic rings. The first-order chi connectivity index (χ1) is 14.3. The lowest BCUT2D eigenvalue weighted by Crippen LogP contribution is -2.45. The molecule has 8 heteroatoms. The number of nitrogens with one attached hydrogen (secondary N) is 1. The van der Waals surface area contributed by atoms with Crippen LogP contribution in [0.5, 0.6) is 17.2 Å². The summed E-state index contributed by atoms with van der Waals surface area (Å²) in [5.74, 6) is -0.878. The van der Waals surface area contributed by atoms with Crippen molar-refractivity contribution in [3.05, 3.63) is 53.3 Å². The number of amides is 1. The largest absolute Gasteiger partial charge is 0.497 e. The first kappa shape index (κ1) is 23.0. The van der Waals surface area contributed by atoms with Crippen molar-refractivity contribution >= 4 is 11.9 Å². The summed E-state index contributed by atoms with van der Waals surface area (Å²) in [6.07, 6.45) is 0. The Kier molecular flexibility index (Phi) is 8.03. The SMILES string of the molecule is COc1cc(OC)cc(C(=O)N[C@H](C(=O)OCc2ccc(OC)c(F)c2)C(C)C)c1. The van der Waals surface area contributed by atoms with Gasteiger partial charge in [0.15, 0.2) is 11.6 Å². The second kappa shape index (κ2) is 10.5. The number of methoxy groups -OCH3 is 3. The van der Waals surface area contributed by atoms with Gasteiger partial charge in [-0.05, 0) is 35.7 Å². The van der Waals surface area contributed by atoms with E-state index in [9.17, 15) is 14.0 Å². The Hall–Kier alpha value is -3.29. The van der Waals surface area contributed by atoms with Gasteiger partial charge in [0, 0.05) is 11.6 Å². The van der Waals surface area contributed by atoms with E-state index >= 15 is 0 Å². The minimum absolute atomic E-state index is 0.103. The van der Waals surface area contributed by atoms with Gasteiger partial charge < -0.3 is 24.3 Å². The summed E-state index contributed by atoms with van der Waals surface area (Å²) in [6.45, 7) is 3.43. The number of ether oxygens (including phenoxy) is 4. The third kappa shape index (κ3) is 5.85. The average Bonchev–Trinajstić information content (AvgIpc) is 2.74. The number of carbonyl (C=O) groups excluding carboxylic acids is 2. The number of halogens is 1. The summed E-state index contributed by atoms with van der Waals surface area (Å²) in [6, 6.07) is 8.12. The molecule has 7 nitrogen and oxygen atoms in total. The highest BCUT2D eigenvalue weighted by Crippen LogP contribution is 2.23. The van der Waals surface area contributed by atoms with E-state index in [0.717, 1.165) is 0 Å². The first-order valence-corrected chi connectivity index (χ1v) is 9.32. The van der Waals surface area contributed by atoms with Gasteiger partial charge >= 0.3 is 5.97 Å². The molecule has 1 atom stereocenters. The maximum atomic E-state index is 13.8. The smallest absolute Gasteiger partial charge is 0.329 e. The van der Waals surface area contributed by atoms with Crippen LogP contribution in [0, 0.1) is 11.7 Å². The number of benzene rings is 2. The van der Waals surface area contributed by atoms with Gasteiger partial charge in [0.2, 0.25) is 0 Å². The third-order valence-electron chi connectivity index (χ3n) is 4.42. The molecule has 0 radical (unpaired) electrons. The van der Waals surface area contributed by atoms with Crippen molar-refractivity contribution in [3.63, 3.8) is 0 Å². The van der Waals surface area contributed by atoms with E-state index in [4.69, 9.17) is 18.9 Å². The maximum absolute atomic E-state index is 13.8. The number of esters is 1. The molecule has 0 saturated heterocycles. The van der Waals surface area contributed by atoms with Crippen LogP contribution in [0.2, 0.25) is 0 Å². The second-order valence-corrected chi connectivity index (χ2v) is 6.87. The zero-order valence-electron chi connectivity index (χ0n) is 17.7. The fourth-order valence-electron chi connectivity index (χ4n) is 2.70. The molecule has 1 amide bonds. The second-order valence-electron chi connectivity index (χ2n) is 6.87. The van der Waals surface area contributed by atoms with Crippen LogP contribution < -0.4 is 19.5 Å². The van der Waals surface area contributed by atoms with Crippen molar-refractivity contribution in [1.82, 2.24) is 5.32 Å². The Morgan fingerprint density at radius 3 is 2.10 bits per heavy atom. The lowest BCUT2D eigenvalue weighted by molar-refractivity contribution is -0.148. The van der Waals surface area contributed by atoms with Crippen LogP contribution in [0.4, 0.5) is 4.39 Å². The van der Waals surface area contributed by atoms with Crippen molar-refractivity contribution in [2.75, 3.05) is 21.3 Å². The highest BCUT2D eigenvalue weighted by molar-refractivity contribution is 5.97. The molecule has 1 N–H and O–H groups in total. The van der Waals surface area contributed by atoms with Crippen LogP contribution >= 0.6 is 0 Å².